The lowest BCUT2D eigenvalue weighted by atomic mass is 10.1. The van der Waals surface area contributed by atoms with Crippen molar-refractivity contribution in [2.45, 2.75) is 31.8 Å². The molecule has 19 heavy (non-hydrogen) atoms. The van der Waals surface area contributed by atoms with Gasteiger partial charge in [0.1, 0.15) is 10.7 Å². The number of aliphatic hydroxyl groups is 1. The SMILES string of the molecule is CCC(C)CNS(=O)(=O)c1cc(Cl)cc(CO)c1F. The normalized spacial score (nSPS) is 13.5. The third-order valence-corrected chi connectivity index (χ3v) is 4.50. The maximum atomic E-state index is 13.9. The number of hydrogen-bond acceptors (Lipinski definition) is 3. The summed E-state index contributed by atoms with van der Waals surface area (Å²) in [6.45, 7) is 3.43. The number of benzene rings is 1. The van der Waals surface area contributed by atoms with Gasteiger partial charge >= 0.3 is 0 Å². The molecule has 0 heterocycles. The van der Waals surface area contributed by atoms with Crippen molar-refractivity contribution in [2.75, 3.05) is 6.54 Å². The number of hydrogen-bond donors (Lipinski definition) is 2. The van der Waals surface area contributed by atoms with E-state index >= 15 is 0 Å². The van der Waals surface area contributed by atoms with Gasteiger partial charge in [0, 0.05) is 17.1 Å². The summed E-state index contributed by atoms with van der Waals surface area (Å²) in [6, 6.07) is 2.24. The van der Waals surface area contributed by atoms with E-state index < -0.39 is 27.3 Å². The first kappa shape index (κ1) is 16.4. The highest BCUT2D eigenvalue weighted by molar-refractivity contribution is 7.89. The lowest BCUT2D eigenvalue weighted by Gasteiger charge is -2.13. The lowest BCUT2D eigenvalue weighted by Crippen LogP contribution is -2.29. The van der Waals surface area contributed by atoms with Crippen LogP contribution >= 0.6 is 11.6 Å². The maximum Gasteiger partial charge on any atom is 0.243 e. The Balaban J connectivity index is 3.11. The van der Waals surface area contributed by atoms with Crippen molar-refractivity contribution in [3.8, 4) is 0 Å². The minimum atomic E-state index is -3.97. The van der Waals surface area contributed by atoms with Gasteiger partial charge in [0.2, 0.25) is 10.0 Å². The third-order valence-electron chi connectivity index (χ3n) is 2.86. The summed E-state index contributed by atoms with van der Waals surface area (Å²) in [5.41, 5.74) is -0.142. The Morgan fingerprint density at radius 3 is 2.63 bits per heavy atom. The van der Waals surface area contributed by atoms with Gasteiger partial charge in [-0.1, -0.05) is 31.9 Å². The zero-order valence-electron chi connectivity index (χ0n) is 10.8. The monoisotopic (exact) mass is 309 g/mol. The Morgan fingerprint density at radius 1 is 1.47 bits per heavy atom. The van der Waals surface area contributed by atoms with E-state index in [0.717, 1.165) is 12.5 Å². The fourth-order valence-corrected chi connectivity index (χ4v) is 3.02. The van der Waals surface area contributed by atoms with Crippen LogP contribution in [0.3, 0.4) is 0 Å². The van der Waals surface area contributed by atoms with Crippen LogP contribution in [-0.4, -0.2) is 20.1 Å². The smallest absolute Gasteiger partial charge is 0.243 e. The number of nitrogens with one attached hydrogen (secondary N) is 1. The van der Waals surface area contributed by atoms with Gasteiger partial charge in [-0.2, -0.15) is 0 Å². The van der Waals surface area contributed by atoms with Crippen molar-refractivity contribution < 1.29 is 17.9 Å². The summed E-state index contributed by atoms with van der Waals surface area (Å²) in [6.07, 6.45) is 0.808. The highest BCUT2D eigenvalue weighted by Crippen LogP contribution is 2.23. The Labute approximate surface area is 117 Å². The van der Waals surface area contributed by atoms with Crippen LogP contribution in [0.15, 0.2) is 17.0 Å². The molecular weight excluding hydrogens is 293 g/mol. The van der Waals surface area contributed by atoms with Gasteiger partial charge in [0.05, 0.1) is 6.61 Å². The largest absolute Gasteiger partial charge is 0.392 e. The molecule has 0 radical (unpaired) electrons. The molecule has 108 valence electrons. The van der Waals surface area contributed by atoms with Crippen LogP contribution in [0.1, 0.15) is 25.8 Å². The van der Waals surface area contributed by atoms with Gasteiger partial charge in [-0.05, 0) is 18.1 Å². The molecule has 0 fully saturated rings. The second-order valence-electron chi connectivity index (χ2n) is 4.40. The fourth-order valence-electron chi connectivity index (χ4n) is 1.40. The zero-order valence-corrected chi connectivity index (χ0v) is 12.4. The van der Waals surface area contributed by atoms with Crippen LogP contribution in [0, 0.1) is 11.7 Å². The minimum Gasteiger partial charge on any atom is -0.392 e. The Bertz CT molecular complexity index is 548. The van der Waals surface area contributed by atoms with E-state index in [4.69, 9.17) is 16.7 Å². The molecule has 0 aliphatic heterocycles. The molecule has 7 heteroatoms. The van der Waals surface area contributed by atoms with Crippen LogP contribution < -0.4 is 4.72 Å². The molecule has 1 unspecified atom stereocenters. The van der Waals surface area contributed by atoms with Crippen molar-refractivity contribution >= 4 is 21.6 Å². The topological polar surface area (TPSA) is 66.4 Å². The van der Waals surface area contributed by atoms with Crippen LogP contribution in [0.2, 0.25) is 5.02 Å². The molecule has 1 rings (SSSR count). The molecule has 1 atom stereocenters. The van der Waals surface area contributed by atoms with Crippen molar-refractivity contribution in [1.82, 2.24) is 4.72 Å². The van der Waals surface area contributed by atoms with Crippen molar-refractivity contribution in [3.63, 3.8) is 0 Å². The zero-order chi connectivity index (χ0) is 14.6. The number of halogens is 2. The van der Waals surface area contributed by atoms with Gasteiger partial charge in [0.25, 0.3) is 0 Å². The van der Waals surface area contributed by atoms with Crippen LogP contribution in [0.25, 0.3) is 0 Å². The Morgan fingerprint density at radius 2 is 2.11 bits per heavy atom. The van der Waals surface area contributed by atoms with Gasteiger partial charge < -0.3 is 5.11 Å². The summed E-state index contributed by atoms with van der Waals surface area (Å²) in [7, 11) is -3.97. The van der Waals surface area contributed by atoms with E-state index in [1.165, 1.54) is 6.07 Å². The molecule has 0 saturated heterocycles. The second-order valence-corrected chi connectivity index (χ2v) is 6.57. The van der Waals surface area contributed by atoms with Crippen LogP contribution in [-0.2, 0) is 16.6 Å². The summed E-state index contributed by atoms with van der Waals surface area (Å²) in [4.78, 5) is -0.535. The van der Waals surface area contributed by atoms with Gasteiger partial charge in [-0.25, -0.2) is 17.5 Å². The molecule has 2 N–H and O–H groups in total. The van der Waals surface area contributed by atoms with E-state index in [1.807, 2.05) is 13.8 Å². The number of sulfonamides is 1. The molecule has 4 nitrogen and oxygen atoms in total. The lowest BCUT2D eigenvalue weighted by molar-refractivity contribution is 0.274. The van der Waals surface area contributed by atoms with Crippen molar-refractivity contribution in [1.29, 1.82) is 0 Å². The maximum absolute atomic E-state index is 13.9. The van der Waals surface area contributed by atoms with Gasteiger partial charge in [-0.3, -0.25) is 0 Å². The highest BCUT2D eigenvalue weighted by Gasteiger charge is 2.22. The fraction of sp³-hybridized carbons (Fsp3) is 0.500. The van der Waals surface area contributed by atoms with E-state index in [9.17, 15) is 12.8 Å². The molecule has 0 amide bonds. The molecule has 0 aliphatic carbocycles. The highest BCUT2D eigenvalue weighted by atomic mass is 35.5. The molecule has 0 bridgehead atoms. The summed E-state index contributed by atoms with van der Waals surface area (Å²) in [5, 5.41) is 9.04. The van der Waals surface area contributed by atoms with E-state index in [1.54, 1.807) is 0 Å². The average Bonchev–Trinajstić information content (AvgIpc) is 2.38. The predicted octanol–water partition coefficient (Wildman–Crippen LogP) is 2.30. The van der Waals surface area contributed by atoms with Crippen LogP contribution in [0.4, 0.5) is 4.39 Å². The molecule has 0 aromatic heterocycles. The summed E-state index contributed by atoms with van der Waals surface area (Å²) in [5.74, 6) is -0.821. The molecule has 0 spiro atoms. The first-order valence-electron chi connectivity index (χ1n) is 5.90. The van der Waals surface area contributed by atoms with Crippen LogP contribution in [0.5, 0.6) is 0 Å². The molecule has 0 saturated carbocycles. The number of rotatable bonds is 6. The van der Waals surface area contributed by atoms with Gasteiger partial charge in [-0.15, -0.1) is 0 Å². The number of aliphatic hydroxyl groups excluding tert-OH is 1. The first-order valence-corrected chi connectivity index (χ1v) is 7.76. The Hall–Kier alpha value is -0.690. The van der Waals surface area contributed by atoms with E-state index in [2.05, 4.69) is 4.72 Å². The van der Waals surface area contributed by atoms with Crippen molar-refractivity contribution in [2.24, 2.45) is 5.92 Å². The van der Waals surface area contributed by atoms with E-state index in [-0.39, 0.29) is 23.0 Å². The van der Waals surface area contributed by atoms with E-state index in [0.29, 0.717) is 0 Å². The van der Waals surface area contributed by atoms with Gasteiger partial charge in [0.15, 0.2) is 0 Å². The molecule has 1 aromatic rings. The summed E-state index contributed by atoms with van der Waals surface area (Å²) < 4.78 is 40.3. The Kier molecular flexibility index (Phi) is 5.73. The first-order chi connectivity index (χ1) is 8.81. The summed E-state index contributed by atoms with van der Waals surface area (Å²) >= 11 is 5.73. The molecular formula is C12H17ClFNO3S. The second kappa shape index (κ2) is 6.65. The third kappa shape index (κ3) is 4.14. The van der Waals surface area contributed by atoms with Crippen molar-refractivity contribution in [3.05, 3.63) is 28.5 Å². The quantitative estimate of drug-likeness (QED) is 0.847. The minimum absolute atomic E-state index is 0.0642. The molecule has 1 aromatic carbocycles. The average molecular weight is 310 g/mol. The standard InChI is InChI=1S/C12H17ClFNO3S/c1-3-8(2)6-15-19(17,18)11-5-10(13)4-9(7-16)12(11)14/h4-5,8,15-16H,3,6-7H2,1-2H3. The molecule has 0 aliphatic rings. The predicted molar refractivity (Wildman–Crippen MR) is 72.0 cm³/mol.